The molecule has 0 radical (unpaired) electrons. The number of hydrogen-bond donors (Lipinski definition) is 2. The van der Waals surface area contributed by atoms with Crippen molar-refractivity contribution in [2.24, 2.45) is 0 Å². The fourth-order valence-corrected chi connectivity index (χ4v) is 3.26. The number of aromatic carboxylic acids is 1. The quantitative estimate of drug-likeness (QED) is 0.800. The van der Waals surface area contributed by atoms with Gasteiger partial charge in [-0.05, 0) is 35.4 Å². The summed E-state index contributed by atoms with van der Waals surface area (Å²) in [5, 5.41) is 17.9. The van der Waals surface area contributed by atoms with Crippen molar-refractivity contribution in [2.75, 3.05) is 0 Å². The van der Waals surface area contributed by atoms with Crippen LogP contribution in [0.3, 0.4) is 0 Å². The molecule has 0 bridgehead atoms. The Morgan fingerprint density at radius 3 is 2.40 bits per heavy atom. The summed E-state index contributed by atoms with van der Waals surface area (Å²) in [6.07, 6.45) is 0. The smallest absolute Gasteiger partial charge is 0.335 e. The average molecular weight is 353 g/mol. The van der Waals surface area contributed by atoms with Crippen molar-refractivity contribution < 1.29 is 15.0 Å². The largest absolute Gasteiger partial charge is 0.478 e. The van der Waals surface area contributed by atoms with Crippen molar-refractivity contribution in [1.29, 1.82) is 0 Å². The third-order valence-electron chi connectivity index (χ3n) is 2.80. The summed E-state index contributed by atoms with van der Waals surface area (Å²) < 4.78 is 0.803. The Morgan fingerprint density at radius 1 is 1.15 bits per heavy atom. The Kier molecular flexibility index (Phi) is 5.23. The molecule has 0 saturated carbocycles. The third kappa shape index (κ3) is 3.85. The number of halogens is 1. The number of carboxylic acids is 1. The van der Waals surface area contributed by atoms with Crippen LogP contribution in [0.25, 0.3) is 0 Å². The Bertz CT molecular complexity index is 611. The van der Waals surface area contributed by atoms with Gasteiger partial charge in [0, 0.05) is 15.1 Å². The molecule has 104 valence electrons. The number of carbonyl (C=O) groups is 1. The van der Waals surface area contributed by atoms with E-state index in [0.717, 1.165) is 26.2 Å². The normalized spacial score (nSPS) is 10.5. The highest BCUT2D eigenvalue weighted by atomic mass is 79.9. The maximum absolute atomic E-state index is 10.9. The molecule has 5 heteroatoms. The van der Waals surface area contributed by atoms with E-state index in [1.807, 2.05) is 30.3 Å². The first-order valence-electron chi connectivity index (χ1n) is 5.94. The van der Waals surface area contributed by atoms with Gasteiger partial charge < -0.3 is 10.2 Å². The topological polar surface area (TPSA) is 57.5 Å². The van der Waals surface area contributed by atoms with Gasteiger partial charge in [-0.3, -0.25) is 0 Å². The maximum Gasteiger partial charge on any atom is 0.335 e. The third-order valence-corrected chi connectivity index (χ3v) is 4.60. The van der Waals surface area contributed by atoms with Gasteiger partial charge in [0.05, 0.1) is 12.2 Å². The number of hydrogen-bond acceptors (Lipinski definition) is 3. The van der Waals surface area contributed by atoms with E-state index in [0.29, 0.717) is 0 Å². The van der Waals surface area contributed by atoms with Crippen LogP contribution in [0, 0.1) is 0 Å². The van der Waals surface area contributed by atoms with Crippen LogP contribution in [-0.4, -0.2) is 16.2 Å². The molecular weight excluding hydrogens is 340 g/mol. The molecule has 0 aliphatic carbocycles. The lowest BCUT2D eigenvalue weighted by molar-refractivity contribution is 0.0697. The molecule has 0 heterocycles. The molecule has 0 aliphatic heterocycles. The summed E-state index contributed by atoms with van der Waals surface area (Å²) in [7, 11) is 0. The Labute approximate surface area is 129 Å². The molecule has 0 spiro atoms. The summed E-state index contributed by atoms with van der Waals surface area (Å²) in [4.78, 5) is 12.0. The standard InChI is InChI=1S/C15H13BrO3S/c16-14-7-11(15(18)19)3-4-12(14)9-20-13-5-1-10(8-17)2-6-13/h1-7,17H,8-9H2,(H,18,19). The van der Waals surface area contributed by atoms with Crippen LogP contribution in [0.1, 0.15) is 21.5 Å². The number of carboxylic acid groups (broad SMARTS) is 1. The lowest BCUT2D eigenvalue weighted by Crippen LogP contribution is -1.96. The number of thioether (sulfide) groups is 1. The van der Waals surface area contributed by atoms with E-state index in [4.69, 9.17) is 10.2 Å². The van der Waals surface area contributed by atoms with Crippen molar-refractivity contribution in [3.8, 4) is 0 Å². The minimum atomic E-state index is -0.926. The first-order chi connectivity index (χ1) is 9.60. The number of benzene rings is 2. The second-order valence-electron chi connectivity index (χ2n) is 4.20. The molecule has 0 fully saturated rings. The van der Waals surface area contributed by atoms with Gasteiger partial charge in [-0.15, -0.1) is 11.8 Å². The highest BCUT2D eigenvalue weighted by molar-refractivity contribution is 9.10. The molecule has 0 unspecified atom stereocenters. The Balaban J connectivity index is 2.04. The first kappa shape index (κ1) is 15.1. The zero-order valence-electron chi connectivity index (χ0n) is 10.5. The van der Waals surface area contributed by atoms with E-state index in [1.165, 1.54) is 0 Å². The molecule has 0 amide bonds. The number of aliphatic hydroxyl groups is 1. The highest BCUT2D eigenvalue weighted by Crippen LogP contribution is 2.28. The molecule has 20 heavy (non-hydrogen) atoms. The minimum Gasteiger partial charge on any atom is -0.478 e. The van der Waals surface area contributed by atoms with Gasteiger partial charge >= 0.3 is 5.97 Å². The van der Waals surface area contributed by atoms with Crippen LogP contribution in [0.5, 0.6) is 0 Å². The Hall–Kier alpha value is -1.30. The van der Waals surface area contributed by atoms with Crippen molar-refractivity contribution in [3.63, 3.8) is 0 Å². The molecule has 2 rings (SSSR count). The molecule has 2 N–H and O–H groups in total. The van der Waals surface area contributed by atoms with Crippen molar-refractivity contribution in [1.82, 2.24) is 0 Å². The monoisotopic (exact) mass is 352 g/mol. The van der Waals surface area contributed by atoms with E-state index in [1.54, 1.807) is 23.9 Å². The molecule has 2 aromatic rings. The molecule has 0 atom stereocenters. The van der Waals surface area contributed by atoms with E-state index in [2.05, 4.69) is 15.9 Å². The summed E-state index contributed by atoms with van der Waals surface area (Å²) in [6, 6.07) is 12.8. The Morgan fingerprint density at radius 2 is 1.85 bits per heavy atom. The van der Waals surface area contributed by atoms with Crippen LogP contribution in [0.15, 0.2) is 51.8 Å². The van der Waals surface area contributed by atoms with Gasteiger partial charge in [-0.25, -0.2) is 4.79 Å². The average Bonchev–Trinajstić information content (AvgIpc) is 2.46. The van der Waals surface area contributed by atoms with E-state index < -0.39 is 5.97 Å². The summed E-state index contributed by atoms with van der Waals surface area (Å²) in [5.41, 5.74) is 2.21. The van der Waals surface area contributed by atoms with E-state index in [9.17, 15) is 4.79 Å². The fraction of sp³-hybridized carbons (Fsp3) is 0.133. The van der Waals surface area contributed by atoms with Gasteiger partial charge in [0.2, 0.25) is 0 Å². The zero-order chi connectivity index (χ0) is 14.5. The second kappa shape index (κ2) is 6.92. The molecular formula is C15H13BrO3S. The van der Waals surface area contributed by atoms with Crippen LogP contribution in [0.4, 0.5) is 0 Å². The predicted molar refractivity (Wildman–Crippen MR) is 83.0 cm³/mol. The number of rotatable bonds is 5. The molecule has 0 aromatic heterocycles. The lowest BCUT2D eigenvalue weighted by Gasteiger charge is -2.06. The maximum atomic E-state index is 10.9. The molecule has 3 nitrogen and oxygen atoms in total. The highest BCUT2D eigenvalue weighted by Gasteiger charge is 2.07. The van der Waals surface area contributed by atoms with E-state index >= 15 is 0 Å². The first-order valence-corrected chi connectivity index (χ1v) is 7.72. The van der Waals surface area contributed by atoms with Gasteiger partial charge in [-0.2, -0.15) is 0 Å². The summed E-state index contributed by atoms with van der Waals surface area (Å²) >= 11 is 5.06. The van der Waals surface area contributed by atoms with Crippen LogP contribution < -0.4 is 0 Å². The minimum absolute atomic E-state index is 0.0488. The summed E-state index contributed by atoms with van der Waals surface area (Å²) in [5.74, 6) is -0.177. The summed E-state index contributed by atoms with van der Waals surface area (Å²) in [6.45, 7) is 0.0488. The zero-order valence-corrected chi connectivity index (χ0v) is 12.9. The van der Waals surface area contributed by atoms with Gasteiger partial charge in [-0.1, -0.05) is 34.1 Å². The van der Waals surface area contributed by atoms with Gasteiger partial charge in [0.1, 0.15) is 0 Å². The molecule has 0 saturated heterocycles. The SMILES string of the molecule is O=C(O)c1ccc(CSc2ccc(CO)cc2)c(Br)c1. The van der Waals surface area contributed by atoms with Crippen LogP contribution >= 0.6 is 27.7 Å². The van der Waals surface area contributed by atoms with Crippen molar-refractivity contribution in [2.45, 2.75) is 17.3 Å². The van der Waals surface area contributed by atoms with Crippen molar-refractivity contribution in [3.05, 3.63) is 63.6 Å². The van der Waals surface area contributed by atoms with Gasteiger partial charge in [0.15, 0.2) is 0 Å². The van der Waals surface area contributed by atoms with Crippen LogP contribution in [-0.2, 0) is 12.4 Å². The number of aliphatic hydroxyl groups excluding tert-OH is 1. The van der Waals surface area contributed by atoms with Gasteiger partial charge in [0.25, 0.3) is 0 Å². The van der Waals surface area contributed by atoms with E-state index in [-0.39, 0.29) is 12.2 Å². The second-order valence-corrected chi connectivity index (χ2v) is 6.11. The lowest BCUT2D eigenvalue weighted by atomic mass is 10.1. The fourth-order valence-electron chi connectivity index (χ4n) is 1.65. The van der Waals surface area contributed by atoms with Crippen molar-refractivity contribution >= 4 is 33.7 Å². The molecule has 0 aliphatic rings. The predicted octanol–water partition coefficient (Wildman–Crippen LogP) is 3.93. The molecule has 2 aromatic carbocycles. The van der Waals surface area contributed by atoms with Crippen LogP contribution in [0.2, 0.25) is 0 Å².